The fourth-order valence-electron chi connectivity index (χ4n) is 0.291. The lowest BCUT2D eigenvalue weighted by atomic mass is 10.3. The summed E-state index contributed by atoms with van der Waals surface area (Å²) in [5.74, 6) is 0. The zero-order valence-corrected chi connectivity index (χ0v) is 10.5. The average Bonchev–Trinajstić information content (AvgIpc) is 1.85. The number of halogens is 8. The lowest BCUT2D eigenvalue weighted by molar-refractivity contribution is 0.434. The van der Waals surface area contributed by atoms with E-state index < -0.39 is 19.1 Å². The van der Waals surface area contributed by atoms with Gasteiger partial charge in [0.2, 0.25) is 3.79 Å². The highest BCUT2D eigenvalue weighted by Crippen LogP contribution is 2.56. The van der Waals surface area contributed by atoms with E-state index in [4.69, 9.17) is 81.2 Å². The molecule has 0 saturated heterocycles. The first kappa shape index (κ1) is 14.0. The molecular formula is C4H2Cl7F. The van der Waals surface area contributed by atoms with Gasteiger partial charge in [0.05, 0.1) is 0 Å². The van der Waals surface area contributed by atoms with Gasteiger partial charge >= 0.3 is 0 Å². The molecule has 0 aliphatic carbocycles. The summed E-state index contributed by atoms with van der Waals surface area (Å²) in [4.78, 5) is 0. The molecule has 8 heteroatoms. The summed E-state index contributed by atoms with van der Waals surface area (Å²) in [6.07, 6.45) is 0. The van der Waals surface area contributed by atoms with E-state index in [1.54, 1.807) is 0 Å². The molecule has 0 amide bonds. The maximum Gasteiger partial charge on any atom is 0.226 e. The van der Waals surface area contributed by atoms with Gasteiger partial charge in [0.1, 0.15) is 6.67 Å². The Labute approximate surface area is 104 Å². The monoisotopic (exact) mass is 314 g/mol. The lowest BCUT2D eigenvalue weighted by Gasteiger charge is -2.35. The predicted molar refractivity (Wildman–Crippen MR) is 55.1 cm³/mol. The molecule has 0 aromatic carbocycles. The van der Waals surface area contributed by atoms with E-state index >= 15 is 0 Å². The van der Waals surface area contributed by atoms with Crippen LogP contribution in [0.4, 0.5) is 4.39 Å². The minimum absolute atomic E-state index is 1.24. The zero-order valence-electron chi connectivity index (χ0n) is 5.23. The smallest absolute Gasteiger partial charge is 0.226 e. The second-order valence-corrected chi connectivity index (χ2v) is 7.00. The van der Waals surface area contributed by atoms with Crippen LogP contribution in [0.15, 0.2) is 0 Å². The lowest BCUT2D eigenvalue weighted by Crippen LogP contribution is -2.48. The van der Waals surface area contributed by atoms with Crippen molar-refractivity contribution in [3.63, 3.8) is 0 Å². The standard InChI is InChI=1S/C4H2Cl7F/c5-2(6,1-12)3(7,8)4(9,10)11/h1H2. The molecular weight excluding hydrogens is 315 g/mol. The Kier molecular flexibility index (Phi) is 4.91. The molecule has 0 heterocycles. The van der Waals surface area contributed by atoms with Crippen LogP contribution >= 0.6 is 81.2 Å². The molecule has 0 unspecified atom stereocenters. The molecule has 0 fully saturated rings. The highest BCUT2D eigenvalue weighted by atomic mass is 35.6. The summed E-state index contributed by atoms with van der Waals surface area (Å²) in [6, 6.07) is 0. The highest BCUT2D eigenvalue weighted by Gasteiger charge is 2.60. The van der Waals surface area contributed by atoms with Gasteiger partial charge in [-0.2, -0.15) is 0 Å². The predicted octanol–water partition coefficient (Wildman–Crippen LogP) is 4.67. The van der Waals surface area contributed by atoms with Crippen molar-refractivity contribution in [2.24, 2.45) is 0 Å². The van der Waals surface area contributed by atoms with E-state index in [0.717, 1.165) is 0 Å². The topological polar surface area (TPSA) is 0 Å². The van der Waals surface area contributed by atoms with Crippen LogP contribution in [-0.4, -0.2) is 19.1 Å². The van der Waals surface area contributed by atoms with Crippen molar-refractivity contribution < 1.29 is 4.39 Å². The van der Waals surface area contributed by atoms with E-state index in [0.29, 0.717) is 0 Å². The normalized spacial score (nSPS) is 15.0. The third kappa shape index (κ3) is 2.73. The van der Waals surface area contributed by atoms with Crippen molar-refractivity contribution in [3.05, 3.63) is 0 Å². The molecule has 0 aliphatic rings. The molecule has 0 aromatic rings. The highest BCUT2D eigenvalue weighted by molar-refractivity contribution is 6.78. The Morgan fingerprint density at radius 2 is 1.17 bits per heavy atom. The Morgan fingerprint density at radius 1 is 0.833 bits per heavy atom. The number of hydrogen-bond donors (Lipinski definition) is 0. The second kappa shape index (κ2) is 4.22. The Hall–Kier alpha value is 1.96. The third-order valence-electron chi connectivity index (χ3n) is 0.983. The zero-order chi connectivity index (χ0) is 10.2. The number of hydrogen-bond acceptors (Lipinski definition) is 0. The SMILES string of the molecule is FCC(Cl)(Cl)C(Cl)(Cl)C(Cl)(Cl)Cl. The van der Waals surface area contributed by atoms with Gasteiger partial charge in [-0.3, -0.25) is 0 Å². The van der Waals surface area contributed by atoms with Gasteiger partial charge in [-0.15, -0.1) is 0 Å². The van der Waals surface area contributed by atoms with E-state index in [-0.39, 0.29) is 0 Å². The molecule has 0 radical (unpaired) electrons. The van der Waals surface area contributed by atoms with Crippen molar-refractivity contribution in [2.75, 3.05) is 6.67 Å². The van der Waals surface area contributed by atoms with Crippen molar-refractivity contribution >= 4 is 81.2 Å². The van der Waals surface area contributed by atoms with Gasteiger partial charge in [0.15, 0.2) is 8.67 Å². The summed E-state index contributed by atoms with van der Waals surface area (Å²) in [5.41, 5.74) is 0. The molecule has 0 nitrogen and oxygen atoms in total. The molecule has 0 rings (SSSR count). The van der Waals surface area contributed by atoms with Crippen LogP contribution in [0, 0.1) is 0 Å². The first-order valence-corrected chi connectivity index (χ1v) is 5.09. The van der Waals surface area contributed by atoms with Gasteiger partial charge in [-0.1, -0.05) is 81.2 Å². The Balaban J connectivity index is 4.85. The van der Waals surface area contributed by atoms with Crippen molar-refractivity contribution in [1.82, 2.24) is 0 Å². The van der Waals surface area contributed by atoms with Crippen molar-refractivity contribution in [3.8, 4) is 0 Å². The van der Waals surface area contributed by atoms with E-state index in [1.807, 2.05) is 0 Å². The van der Waals surface area contributed by atoms with Crippen molar-refractivity contribution in [2.45, 2.75) is 12.5 Å². The van der Waals surface area contributed by atoms with Crippen LogP contribution in [-0.2, 0) is 0 Å². The van der Waals surface area contributed by atoms with E-state index in [2.05, 4.69) is 0 Å². The van der Waals surface area contributed by atoms with Crippen LogP contribution in [0.1, 0.15) is 0 Å². The van der Waals surface area contributed by atoms with Crippen LogP contribution in [0.3, 0.4) is 0 Å². The molecule has 0 aromatic heterocycles. The number of alkyl halides is 8. The minimum atomic E-state index is -2.22. The van der Waals surface area contributed by atoms with Gasteiger partial charge in [-0.25, -0.2) is 4.39 Å². The van der Waals surface area contributed by atoms with Gasteiger partial charge in [0.25, 0.3) is 0 Å². The molecule has 0 atom stereocenters. The van der Waals surface area contributed by atoms with Crippen LogP contribution < -0.4 is 0 Å². The first-order chi connectivity index (χ1) is 5.06. The molecule has 0 spiro atoms. The van der Waals surface area contributed by atoms with Gasteiger partial charge in [-0.05, 0) is 0 Å². The van der Waals surface area contributed by atoms with Crippen LogP contribution in [0.2, 0.25) is 0 Å². The summed E-state index contributed by atoms with van der Waals surface area (Å²) < 4.78 is 5.63. The maximum absolute atomic E-state index is 12.2. The third-order valence-corrected chi connectivity index (χ3v) is 4.78. The molecule has 74 valence electrons. The molecule has 0 aliphatic heterocycles. The fourth-order valence-corrected chi connectivity index (χ4v) is 1.45. The summed E-state index contributed by atoms with van der Waals surface area (Å²) >= 11 is 37.6. The van der Waals surface area contributed by atoms with Crippen LogP contribution in [0.5, 0.6) is 0 Å². The number of rotatable bonds is 2. The average molecular weight is 317 g/mol. The Morgan fingerprint density at radius 3 is 1.25 bits per heavy atom. The molecule has 0 N–H and O–H groups in total. The molecule has 12 heavy (non-hydrogen) atoms. The summed E-state index contributed by atoms with van der Waals surface area (Å²) in [6.45, 7) is -1.24. The van der Waals surface area contributed by atoms with Gasteiger partial charge < -0.3 is 0 Å². The fraction of sp³-hybridized carbons (Fsp3) is 1.00. The van der Waals surface area contributed by atoms with E-state index in [1.165, 1.54) is 0 Å². The van der Waals surface area contributed by atoms with Gasteiger partial charge in [0, 0.05) is 0 Å². The first-order valence-electron chi connectivity index (χ1n) is 2.44. The summed E-state index contributed by atoms with van der Waals surface area (Å²) in [7, 11) is 0. The largest absolute Gasteiger partial charge is 0.248 e. The molecule has 0 saturated carbocycles. The van der Waals surface area contributed by atoms with Crippen LogP contribution in [0.25, 0.3) is 0 Å². The molecule has 0 bridgehead atoms. The summed E-state index contributed by atoms with van der Waals surface area (Å²) in [5, 5.41) is 0. The minimum Gasteiger partial charge on any atom is -0.248 e. The second-order valence-electron chi connectivity index (χ2n) is 1.91. The Bertz CT molecular complexity index is 159. The van der Waals surface area contributed by atoms with E-state index in [9.17, 15) is 4.39 Å². The van der Waals surface area contributed by atoms with Crippen molar-refractivity contribution in [1.29, 1.82) is 0 Å². The maximum atomic E-state index is 12.2. The quantitative estimate of drug-likeness (QED) is 0.649.